The normalized spacial score (nSPS) is 10.4. The van der Waals surface area contributed by atoms with E-state index in [-0.39, 0.29) is 24.8 Å². The number of ether oxygens (including phenoxy) is 4. The minimum Gasteiger partial charge on any atom is -0.493 e. The van der Waals surface area contributed by atoms with Crippen LogP contribution in [0.1, 0.15) is 37.0 Å². The highest BCUT2D eigenvalue weighted by Gasteiger charge is 2.22. The van der Waals surface area contributed by atoms with Gasteiger partial charge in [-0.2, -0.15) is 0 Å². The van der Waals surface area contributed by atoms with Crippen molar-refractivity contribution in [2.75, 3.05) is 41.5 Å². The minimum atomic E-state index is -0.350. The van der Waals surface area contributed by atoms with Gasteiger partial charge in [-0.25, -0.2) is 0 Å². The molecule has 26 heavy (non-hydrogen) atoms. The van der Waals surface area contributed by atoms with Gasteiger partial charge in [0.05, 0.1) is 34.9 Å². The summed E-state index contributed by atoms with van der Waals surface area (Å²) < 4.78 is 20.6. The van der Waals surface area contributed by atoms with Crippen molar-refractivity contribution in [3.63, 3.8) is 0 Å². The van der Waals surface area contributed by atoms with E-state index in [1.54, 1.807) is 17.0 Å². The molecule has 0 spiro atoms. The van der Waals surface area contributed by atoms with Crippen molar-refractivity contribution < 1.29 is 28.5 Å². The van der Waals surface area contributed by atoms with Crippen molar-refractivity contribution in [2.24, 2.45) is 5.92 Å². The summed E-state index contributed by atoms with van der Waals surface area (Å²) in [6.07, 6.45) is 0.974. The molecule has 0 unspecified atom stereocenters. The van der Waals surface area contributed by atoms with E-state index >= 15 is 0 Å². The molecular weight excluding hydrogens is 338 g/mol. The molecule has 0 heterocycles. The third-order valence-corrected chi connectivity index (χ3v) is 3.99. The Morgan fingerprint density at radius 1 is 0.962 bits per heavy atom. The molecule has 0 bridgehead atoms. The van der Waals surface area contributed by atoms with Gasteiger partial charge >= 0.3 is 5.97 Å². The van der Waals surface area contributed by atoms with Gasteiger partial charge in [-0.05, 0) is 24.5 Å². The maximum absolute atomic E-state index is 13.0. The summed E-state index contributed by atoms with van der Waals surface area (Å²) >= 11 is 0. The van der Waals surface area contributed by atoms with E-state index in [0.717, 1.165) is 6.42 Å². The van der Waals surface area contributed by atoms with Crippen LogP contribution in [-0.4, -0.2) is 58.3 Å². The second kappa shape index (κ2) is 10.5. The largest absolute Gasteiger partial charge is 0.493 e. The maximum atomic E-state index is 13.0. The lowest BCUT2D eigenvalue weighted by molar-refractivity contribution is -0.140. The second-order valence-corrected chi connectivity index (χ2v) is 6.21. The summed E-state index contributed by atoms with van der Waals surface area (Å²) in [6.45, 7) is 5.00. The Morgan fingerprint density at radius 2 is 1.54 bits per heavy atom. The third-order valence-electron chi connectivity index (χ3n) is 3.99. The van der Waals surface area contributed by atoms with Gasteiger partial charge in [-0.15, -0.1) is 0 Å². The first-order valence-corrected chi connectivity index (χ1v) is 8.54. The highest BCUT2D eigenvalue weighted by molar-refractivity contribution is 5.96. The van der Waals surface area contributed by atoms with Crippen LogP contribution in [0.25, 0.3) is 0 Å². The number of methoxy groups -OCH3 is 4. The van der Waals surface area contributed by atoms with Crippen molar-refractivity contribution in [3.05, 3.63) is 17.7 Å². The second-order valence-electron chi connectivity index (χ2n) is 6.21. The van der Waals surface area contributed by atoms with Crippen molar-refractivity contribution >= 4 is 11.9 Å². The average Bonchev–Trinajstić information content (AvgIpc) is 2.65. The molecule has 0 saturated carbocycles. The molecule has 0 saturated heterocycles. The molecule has 0 fully saturated rings. The van der Waals surface area contributed by atoms with Crippen molar-refractivity contribution in [1.29, 1.82) is 0 Å². The summed E-state index contributed by atoms with van der Waals surface area (Å²) in [4.78, 5) is 26.1. The number of rotatable bonds is 10. The van der Waals surface area contributed by atoms with Crippen LogP contribution in [0, 0.1) is 5.92 Å². The van der Waals surface area contributed by atoms with Gasteiger partial charge < -0.3 is 23.8 Å². The summed E-state index contributed by atoms with van der Waals surface area (Å²) in [6, 6.07) is 3.23. The fraction of sp³-hybridized carbons (Fsp3) is 0.579. The van der Waals surface area contributed by atoms with Gasteiger partial charge in [0.2, 0.25) is 5.75 Å². The average molecular weight is 367 g/mol. The lowest BCUT2D eigenvalue weighted by Gasteiger charge is -2.24. The Morgan fingerprint density at radius 3 is 1.96 bits per heavy atom. The SMILES string of the molecule is COC(=O)CCN(CCC(C)C)C(=O)c1cc(OC)c(OC)c(OC)c1. The maximum Gasteiger partial charge on any atom is 0.307 e. The number of esters is 1. The Kier molecular flexibility index (Phi) is 8.75. The van der Waals surface area contributed by atoms with E-state index in [9.17, 15) is 9.59 Å². The summed E-state index contributed by atoms with van der Waals surface area (Å²) in [5.41, 5.74) is 0.410. The quantitative estimate of drug-likeness (QED) is 0.592. The molecule has 0 atom stereocenters. The number of carbonyl (C=O) groups excluding carboxylic acids is 2. The first-order chi connectivity index (χ1) is 12.4. The zero-order valence-electron chi connectivity index (χ0n) is 16.5. The third kappa shape index (κ3) is 5.82. The fourth-order valence-electron chi connectivity index (χ4n) is 2.44. The first kappa shape index (κ1) is 21.6. The van der Waals surface area contributed by atoms with E-state index in [2.05, 4.69) is 18.6 Å². The smallest absolute Gasteiger partial charge is 0.307 e. The standard InChI is InChI=1S/C19H29NO6/c1-13(2)7-9-20(10-8-17(21)25-5)19(22)14-11-15(23-3)18(26-6)16(12-14)24-4/h11-13H,7-10H2,1-6H3. The first-order valence-electron chi connectivity index (χ1n) is 8.54. The van der Waals surface area contributed by atoms with Gasteiger partial charge in [0.15, 0.2) is 11.5 Å². The molecular formula is C19H29NO6. The van der Waals surface area contributed by atoms with Gasteiger partial charge in [-0.1, -0.05) is 13.8 Å². The molecule has 0 aromatic heterocycles. The molecule has 0 aliphatic carbocycles. The molecule has 1 aromatic rings. The fourth-order valence-corrected chi connectivity index (χ4v) is 2.44. The van der Waals surface area contributed by atoms with E-state index in [0.29, 0.717) is 35.3 Å². The molecule has 0 radical (unpaired) electrons. The number of hydrogen-bond acceptors (Lipinski definition) is 6. The molecule has 1 rings (SSSR count). The predicted octanol–water partition coefficient (Wildman–Crippen LogP) is 2.76. The summed E-state index contributed by atoms with van der Waals surface area (Å²) in [5, 5.41) is 0. The zero-order valence-corrected chi connectivity index (χ0v) is 16.5. The minimum absolute atomic E-state index is 0.144. The van der Waals surface area contributed by atoms with Crippen LogP contribution in [-0.2, 0) is 9.53 Å². The number of benzene rings is 1. The Labute approximate surface area is 155 Å². The molecule has 0 aliphatic heterocycles. The number of hydrogen-bond donors (Lipinski definition) is 0. The topological polar surface area (TPSA) is 74.3 Å². The van der Waals surface area contributed by atoms with E-state index in [1.165, 1.54) is 28.4 Å². The summed E-state index contributed by atoms with van der Waals surface area (Å²) in [7, 11) is 5.84. The molecule has 1 amide bonds. The lowest BCUT2D eigenvalue weighted by Crippen LogP contribution is -2.34. The molecule has 0 N–H and O–H groups in total. The lowest BCUT2D eigenvalue weighted by atomic mass is 10.1. The summed E-state index contributed by atoms with van der Waals surface area (Å²) in [5.74, 6) is 1.13. The van der Waals surface area contributed by atoms with Crippen LogP contribution in [0.15, 0.2) is 12.1 Å². The number of carbonyl (C=O) groups is 2. The highest BCUT2D eigenvalue weighted by atomic mass is 16.5. The Hall–Kier alpha value is -2.44. The van der Waals surface area contributed by atoms with Crippen LogP contribution >= 0.6 is 0 Å². The van der Waals surface area contributed by atoms with Gasteiger partial charge in [-0.3, -0.25) is 9.59 Å². The van der Waals surface area contributed by atoms with Crippen LogP contribution < -0.4 is 14.2 Å². The van der Waals surface area contributed by atoms with E-state index in [4.69, 9.17) is 14.2 Å². The predicted molar refractivity (Wildman–Crippen MR) is 98.1 cm³/mol. The van der Waals surface area contributed by atoms with Gasteiger partial charge in [0.25, 0.3) is 5.91 Å². The molecule has 0 aliphatic rings. The van der Waals surface area contributed by atoms with Crippen LogP contribution in [0.3, 0.4) is 0 Å². The van der Waals surface area contributed by atoms with Crippen LogP contribution in [0.2, 0.25) is 0 Å². The zero-order chi connectivity index (χ0) is 19.7. The monoisotopic (exact) mass is 367 g/mol. The van der Waals surface area contributed by atoms with Crippen LogP contribution in [0.4, 0.5) is 0 Å². The Balaban J connectivity index is 3.13. The number of nitrogens with zero attached hydrogens (tertiary/aromatic N) is 1. The molecule has 1 aromatic carbocycles. The van der Waals surface area contributed by atoms with E-state index in [1.807, 2.05) is 0 Å². The molecule has 146 valence electrons. The van der Waals surface area contributed by atoms with Gasteiger partial charge in [0, 0.05) is 18.7 Å². The molecule has 7 nitrogen and oxygen atoms in total. The van der Waals surface area contributed by atoms with Crippen molar-refractivity contribution in [3.8, 4) is 17.2 Å². The number of amides is 1. The highest BCUT2D eigenvalue weighted by Crippen LogP contribution is 2.38. The Bertz CT molecular complexity index is 589. The van der Waals surface area contributed by atoms with E-state index < -0.39 is 0 Å². The van der Waals surface area contributed by atoms with Gasteiger partial charge in [0.1, 0.15) is 0 Å². The molecule has 7 heteroatoms. The van der Waals surface area contributed by atoms with Crippen LogP contribution in [0.5, 0.6) is 17.2 Å². The van der Waals surface area contributed by atoms with Crippen molar-refractivity contribution in [1.82, 2.24) is 4.90 Å². The van der Waals surface area contributed by atoms with Crippen molar-refractivity contribution in [2.45, 2.75) is 26.7 Å².